The molecule has 0 radical (unpaired) electrons. The number of carbonyl (C=O) groups excluding carboxylic acids is 1. The van der Waals surface area contributed by atoms with Crippen LogP contribution < -0.4 is 11.1 Å². The summed E-state index contributed by atoms with van der Waals surface area (Å²) >= 11 is 6.31. The number of hydrogen-bond acceptors (Lipinski definition) is 4. The zero-order valence-corrected chi connectivity index (χ0v) is 15.7. The van der Waals surface area contributed by atoms with Crippen molar-refractivity contribution >= 4 is 23.5 Å². The summed E-state index contributed by atoms with van der Waals surface area (Å²) in [6.07, 6.45) is 0. The first-order valence-corrected chi connectivity index (χ1v) is 8.89. The molecule has 1 aliphatic heterocycles. The Bertz CT molecular complexity index is 1090. The highest BCUT2D eigenvalue weighted by atomic mass is 35.5. The number of benzene rings is 2. The molecule has 2 heterocycles. The van der Waals surface area contributed by atoms with Gasteiger partial charge in [0, 0.05) is 11.3 Å². The molecule has 0 unspecified atom stereocenters. The predicted octanol–water partition coefficient (Wildman–Crippen LogP) is 3.68. The lowest BCUT2D eigenvalue weighted by atomic mass is 9.94. The van der Waals surface area contributed by atoms with Crippen molar-refractivity contribution < 1.29 is 4.79 Å². The van der Waals surface area contributed by atoms with Crippen LogP contribution in [0.15, 0.2) is 59.8 Å². The van der Waals surface area contributed by atoms with Crippen molar-refractivity contribution in [3.05, 3.63) is 76.0 Å². The van der Waals surface area contributed by atoms with Gasteiger partial charge in [0.2, 0.25) is 11.9 Å². The molecule has 27 heavy (non-hydrogen) atoms. The van der Waals surface area contributed by atoms with Crippen LogP contribution in [0.5, 0.6) is 0 Å². The molecule has 136 valence electrons. The van der Waals surface area contributed by atoms with Gasteiger partial charge in [0.1, 0.15) is 6.04 Å². The lowest BCUT2D eigenvalue weighted by Crippen LogP contribution is -2.31. The number of nitrogens with zero attached hydrogens (tertiary/aromatic N) is 3. The Morgan fingerprint density at radius 3 is 2.67 bits per heavy atom. The van der Waals surface area contributed by atoms with E-state index in [4.69, 9.17) is 17.3 Å². The van der Waals surface area contributed by atoms with E-state index < -0.39 is 11.9 Å². The Labute approximate surface area is 161 Å². The molecule has 2 aromatic carbocycles. The average Bonchev–Trinajstić information content (AvgIpc) is 3.03. The van der Waals surface area contributed by atoms with Gasteiger partial charge in [-0.05, 0) is 31.5 Å². The van der Waals surface area contributed by atoms with Crippen LogP contribution in [-0.4, -0.2) is 20.7 Å². The van der Waals surface area contributed by atoms with Crippen molar-refractivity contribution in [2.75, 3.05) is 5.32 Å². The molecule has 4 rings (SSSR count). The van der Waals surface area contributed by atoms with Gasteiger partial charge in [-0.1, -0.05) is 53.6 Å². The first-order valence-electron chi connectivity index (χ1n) is 8.51. The fourth-order valence-corrected chi connectivity index (χ4v) is 3.60. The summed E-state index contributed by atoms with van der Waals surface area (Å²) < 4.78 is 1.69. The highest BCUT2D eigenvalue weighted by Crippen LogP contribution is 2.37. The van der Waals surface area contributed by atoms with E-state index in [1.54, 1.807) is 10.7 Å². The maximum atomic E-state index is 12.2. The zero-order chi connectivity index (χ0) is 19.1. The maximum absolute atomic E-state index is 12.2. The normalized spacial score (nSPS) is 16.0. The summed E-state index contributed by atoms with van der Waals surface area (Å²) in [5.41, 5.74) is 9.56. The number of aromatic nitrogens is 3. The zero-order valence-electron chi connectivity index (χ0n) is 14.9. The molecule has 1 aliphatic rings. The average molecular weight is 380 g/mol. The van der Waals surface area contributed by atoms with E-state index in [-0.39, 0.29) is 0 Å². The van der Waals surface area contributed by atoms with Gasteiger partial charge in [-0.2, -0.15) is 4.98 Å². The van der Waals surface area contributed by atoms with Crippen molar-refractivity contribution in [2.24, 2.45) is 5.73 Å². The summed E-state index contributed by atoms with van der Waals surface area (Å²) in [4.78, 5) is 16.8. The number of halogens is 1. The van der Waals surface area contributed by atoms with E-state index in [1.165, 1.54) is 0 Å². The Morgan fingerprint density at radius 1 is 1.19 bits per heavy atom. The first kappa shape index (κ1) is 17.3. The smallest absolute Gasteiger partial charge is 0.248 e. The summed E-state index contributed by atoms with van der Waals surface area (Å²) in [5.74, 6) is 0.533. The van der Waals surface area contributed by atoms with Crippen molar-refractivity contribution in [3.63, 3.8) is 0 Å². The van der Waals surface area contributed by atoms with Gasteiger partial charge >= 0.3 is 0 Å². The van der Waals surface area contributed by atoms with Crippen molar-refractivity contribution in [1.82, 2.24) is 14.8 Å². The Hall–Kier alpha value is -3.12. The van der Waals surface area contributed by atoms with Crippen molar-refractivity contribution in [1.29, 1.82) is 0 Å². The minimum Gasteiger partial charge on any atom is -0.366 e. The number of hydrogen-bond donors (Lipinski definition) is 2. The molecule has 0 saturated heterocycles. The minimum absolute atomic E-state index is 0.456. The quantitative estimate of drug-likeness (QED) is 0.726. The highest BCUT2D eigenvalue weighted by molar-refractivity contribution is 6.33. The second-order valence-corrected chi connectivity index (χ2v) is 6.94. The highest BCUT2D eigenvalue weighted by Gasteiger charge is 2.33. The SMILES string of the molecule is CC1=C(C(N)=O)[C@@H](c2cccc(C)c2)n2nc(-c3ccccc3Cl)nc2N1. The number of nitrogens with two attached hydrogens (primary N) is 1. The lowest BCUT2D eigenvalue weighted by molar-refractivity contribution is -0.115. The topological polar surface area (TPSA) is 85.8 Å². The fourth-order valence-electron chi connectivity index (χ4n) is 3.38. The number of allylic oxidation sites excluding steroid dienone is 1. The number of nitrogens with one attached hydrogen (secondary N) is 1. The van der Waals surface area contributed by atoms with Gasteiger partial charge < -0.3 is 11.1 Å². The van der Waals surface area contributed by atoms with Gasteiger partial charge in [-0.3, -0.25) is 4.79 Å². The van der Waals surface area contributed by atoms with Gasteiger partial charge in [0.05, 0.1) is 10.6 Å². The second-order valence-electron chi connectivity index (χ2n) is 6.53. The molecule has 1 aromatic heterocycles. The largest absolute Gasteiger partial charge is 0.366 e. The summed E-state index contributed by atoms with van der Waals surface area (Å²) in [5, 5.41) is 8.36. The van der Waals surface area contributed by atoms with Crippen molar-refractivity contribution in [2.45, 2.75) is 19.9 Å². The summed E-state index contributed by atoms with van der Waals surface area (Å²) in [7, 11) is 0. The first-order chi connectivity index (χ1) is 13.0. The minimum atomic E-state index is -0.494. The third-order valence-electron chi connectivity index (χ3n) is 4.59. The van der Waals surface area contributed by atoms with E-state index in [2.05, 4.69) is 15.4 Å². The van der Waals surface area contributed by atoms with E-state index in [0.29, 0.717) is 28.1 Å². The molecule has 0 aliphatic carbocycles. The number of fused-ring (bicyclic) bond motifs is 1. The Kier molecular flexibility index (Phi) is 4.20. The molecule has 0 saturated carbocycles. The third-order valence-corrected chi connectivity index (χ3v) is 4.92. The van der Waals surface area contributed by atoms with E-state index >= 15 is 0 Å². The molecular weight excluding hydrogens is 362 g/mol. The van der Waals surface area contributed by atoms with Crippen LogP contribution in [0.4, 0.5) is 5.95 Å². The molecule has 3 N–H and O–H groups in total. The molecule has 3 aromatic rings. The van der Waals surface area contributed by atoms with Gasteiger partial charge in [0.15, 0.2) is 5.82 Å². The summed E-state index contributed by atoms with van der Waals surface area (Å²) in [6.45, 7) is 3.82. The van der Waals surface area contributed by atoms with Crippen LogP contribution in [0.2, 0.25) is 5.02 Å². The summed E-state index contributed by atoms with van der Waals surface area (Å²) in [6, 6.07) is 14.9. The van der Waals surface area contributed by atoms with Crippen LogP contribution in [0, 0.1) is 6.92 Å². The molecule has 1 amide bonds. The van der Waals surface area contributed by atoms with Crippen LogP contribution in [0.3, 0.4) is 0 Å². The monoisotopic (exact) mass is 379 g/mol. The van der Waals surface area contributed by atoms with Crippen LogP contribution in [0.1, 0.15) is 24.1 Å². The van der Waals surface area contributed by atoms with Gasteiger partial charge in [0.25, 0.3) is 0 Å². The molecular formula is C20H18ClN5O. The van der Waals surface area contributed by atoms with Crippen LogP contribution in [-0.2, 0) is 4.79 Å². The number of rotatable bonds is 3. The predicted molar refractivity (Wildman–Crippen MR) is 105 cm³/mol. The van der Waals surface area contributed by atoms with Gasteiger partial charge in [-0.25, -0.2) is 4.68 Å². The molecule has 1 atom stereocenters. The molecule has 0 fully saturated rings. The van der Waals surface area contributed by atoms with E-state index in [0.717, 1.165) is 16.7 Å². The molecule has 7 heteroatoms. The van der Waals surface area contributed by atoms with Crippen LogP contribution >= 0.6 is 11.6 Å². The van der Waals surface area contributed by atoms with Crippen LogP contribution in [0.25, 0.3) is 11.4 Å². The number of aryl methyl sites for hydroxylation is 1. The van der Waals surface area contributed by atoms with E-state index in [9.17, 15) is 4.79 Å². The van der Waals surface area contributed by atoms with Crippen molar-refractivity contribution in [3.8, 4) is 11.4 Å². The maximum Gasteiger partial charge on any atom is 0.248 e. The third kappa shape index (κ3) is 2.98. The molecule has 6 nitrogen and oxygen atoms in total. The Balaban J connectivity index is 1.91. The second kappa shape index (κ2) is 6.55. The Morgan fingerprint density at radius 2 is 1.96 bits per heavy atom. The number of primary amides is 1. The molecule has 0 bridgehead atoms. The number of anilines is 1. The fraction of sp³-hybridized carbons (Fsp3) is 0.150. The van der Waals surface area contributed by atoms with E-state index in [1.807, 2.05) is 56.3 Å². The number of amides is 1. The standard InChI is InChI=1S/C20H18ClN5O/c1-11-6-5-7-13(10-11)17-16(18(22)27)12(2)23-20-24-19(25-26(17)20)14-8-3-4-9-15(14)21/h3-10,17H,1-2H3,(H2,22,27)(H,23,24,25)/t17-/m1/s1. The number of carbonyl (C=O) groups is 1. The molecule has 0 spiro atoms. The lowest BCUT2D eigenvalue weighted by Gasteiger charge is -2.27. The van der Waals surface area contributed by atoms with Gasteiger partial charge in [-0.15, -0.1) is 5.10 Å².